The number of ketones is 1. The van der Waals surface area contributed by atoms with Gasteiger partial charge in [0.2, 0.25) is 0 Å². The third-order valence-corrected chi connectivity index (χ3v) is 6.55. The van der Waals surface area contributed by atoms with Crippen molar-refractivity contribution in [3.05, 3.63) is 81.0 Å². The Morgan fingerprint density at radius 3 is 2.41 bits per heavy atom. The van der Waals surface area contributed by atoms with Crippen LogP contribution in [0.2, 0.25) is 5.02 Å². The predicted octanol–water partition coefficient (Wildman–Crippen LogP) is 5.10. The second-order valence-corrected chi connectivity index (χ2v) is 8.83. The highest BCUT2D eigenvalue weighted by Gasteiger charge is 2.47. The Labute approximate surface area is 194 Å². The number of halogens is 1. The average molecular weight is 469 g/mol. The highest BCUT2D eigenvalue weighted by Crippen LogP contribution is 2.44. The Morgan fingerprint density at radius 1 is 1.12 bits per heavy atom. The summed E-state index contributed by atoms with van der Waals surface area (Å²) in [7, 11) is 5.34. The van der Waals surface area contributed by atoms with E-state index in [-0.39, 0.29) is 16.4 Å². The molecule has 1 N–H and O–H groups in total. The van der Waals surface area contributed by atoms with Gasteiger partial charge >= 0.3 is 0 Å². The van der Waals surface area contributed by atoms with E-state index in [2.05, 4.69) is 0 Å². The van der Waals surface area contributed by atoms with E-state index in [4.69, 9.17) is 16.3 Å². The second-order valence-electron chi connectivity index (χ2n) is 7.44. The Morgan fingerprint density at radius 2 is 1.84 bits per heavy atom. The summed E-state index contributed by atoms with van der Waals surface area (Å²) in [5.41, 5.74) is 1.89. The van der Waals surface area contributed by atoms with Crippen molar-refractivity contribution in [1.29, 1.82) is 0 Å². The number of thiophene rings is 1. The van der Waals surface area contributed by atoms with Crippen molar-refractivity contribution in [2.45, 2.75) is 6.04 Å². The molecular weight excluding hydrogens is 448 g/mol. The van der Waals surface area contributed by atoms with E-state index in [0.29, 0.717) is 17.0 Å². The van der Waals surface area contributed by atoms with Gasteiger partial charge in [-0.05, 0) is 53.9 Å². The van der Waals surface area contributed by atoms with Crippen LogP contribution in [0.3, 0.4) is 0 Å². The van der Waals surface area contributed by atoms with Gasteiger partial charge in [-0.3, -0.25) is 14.5 Å². The van der Waals surface area contributed by atoms with Gasteiger partial charge in [0.15, 0.2) is 0 Å². The highest BCUT2D eigenvalue weighted by atomic mass is 35.5. The first kappa shape index (κ1) is 21.9. The molecule has 0 spiro atoms. The van der Waals surface area contributed by atoms with Crippen molar-refractivity contribution >= 4 is 51.8 Å². The molecule has 164 valence electrons. The molecule has 0 aliphatic carbocycles. The molecule has 2 aromatic carbocycles. The number of aliphatic hydroxyl groups excluding tert-OH is 1. The normalized spacial score (nSPS) is 17.6. The minimum Gasteiger partial charge on any atom is -0.507 e. The van der Waals surface area contributed by atoms with Gasteiger partial charge in [-0.25, -0.2) is 0 Å². The third-order valence-electron chi connectivity index (χ3n) is 5.33. The Kier molecular flexibility index (Phi) is 5.95. The summed E-state index contributed by atoms with van der Waals surface area (Å²) in [6, 6.07) is 15.0. The minimum atomic E-state index is -0.749. The lowest BCUT2D eigenvalue weighted by Crippen LogP contribution is -2.29. The molecule has 6 nitrogen and oxygen atoms in total. The number of carbonyl (C=O) groups excluding carboxylic acids is 2. The number of benzene rings is 2. The molecule has 1 amide bonds. The molecule has 4 rings (SSSR count). The molecule has 0 radical (unpaired) electrons. The summed E-state index contributed by atoms with van der Waals surface area (Å²) in [5, 5.41) is 13.3. The zero-order valence-corrected chi connectivity index (χ0v) is 19.3. The fourth-order valence-corrected chi connectivity index (χ4v) is 4.78. The summed E-state index contributed by atoms with van der Waals surface area (Å²) < 4.78 is 5.16. The lowest BCUT2D eigenvalue weighted by molar-refractivity contribution is -0.132. The van der Waals surface area contributed by atoms with E-state index in [9.17, 15) is 14.7 Å². The minimum absolute atomic E-state index is 0.0235. The zero-order chi connectivity index (χ0) is 23.0. The number of carbonyl (C=O) groups is 2. The van der Waals surface area contributed by atoms with E-state index in [1.54, 1.807) is 24.3 Å². The predicted molar refractivity (Wildman–Crippen MR) is 128 cm³/mol. The van der Waals surface area contributed by atoms with Crippen LogP contribution in [0.25, 0.3) is 5.76 Å². The zero-order valence-electron chi connectivity index (χ0n) is 17.7. The monoisotopic (exact) mass is 468 g/mol. The molecule has 1 unspecified atom stereocenters. The lowest BCUT2D eigenvalue weighted by atomic mass is 9.99. The first-order chi connectivity index (χ1) is 15.3. The second kappa shape index (κ2) is 8.68. The molecule has 2 heterocycles. The van der Waals surface area contributed by atoms with Gasteiger partial charge in [0.1, 0.15) is 17.6 Å². The van der Waals surface area contributed by atoms with Crippen molar-refractivity contribution in [2.24, 2.45) is 0 Å². The Balaban J connectivity index is 1.87. The number of ether oxygens (including phenoxy) is 1. The number of rotatable bonds is 5. The molecule has 1 aromatic heterocycles. The van der Waals surface area contributed by atoms with Gasteiger partial charge in [-0.1, -0.05) is 17.7 Å². The van der Waals surface area contributed by atoms with Gasteiger partial charge in [-0.15, -0.1) is 11.3 Å². The van der Waals surface area contributed by atoms with Crippen LogP contribution in [0, 0.1) is 0 Å². The number of hydrogen-bond donors (Lipinski definition) is 1. The molecule has 8 heteroatoms. The molecule has 0 bridgehead atoms. The van der Waals surface area contributed by atoms with Crippen molar-refractivity contribution in [2.75, 3.05) is 31.0 Å². The number of aliphatic hydroxyl groups is 1. The molecule has 32 heavy (non-hydrogen) atoms. The van der Waals surface area contributed by atoms with Crippen LogP contribution in [0.1, 0.15) is 16.5 Å². The van der Waals surface area contributed by atoms with E-state index in [1.807, 2.05) is 48.6 Å². The molecule has 1 atom stereocenters. The van der Waals surface area contributed by atoms with Crippen molar-refractivity contribution in [3.63, 3.8) is 0 Å². The number of Topliss-reactive ketones (excluding diaryl/α,β-unsaturated/α-hetero) is 1. The van der Waals surface area contributed by atoms with Gasteiger partial charge in [0.25, 0.3) is 11.7 Å². The van der Waals surface area contributed by atoms with E-state index in [0.717, 1.165) is 10.6 Å². The van der Waals surface area contributed by atoms with Gasteiger partial charge in [0.05, 0.1) is 17.7 Å². The van der Waals surface area contributed by atoms with Crippen LogP contribution < -0.4 is 14.5 Å². The molecular formula is C24H21ClN2O4S. The van der Waals surface area contributed by atoms with Crippen LogP contribution in [-0.4, -0.2) is 38.0 Å². The Hall–Kier alpha value is -3.29. The van der Waals surface area contributed by atoms with Crippen molar-refractivity contribution in [3.8, 4) is 5.75 Å². The van der Waals surface area contributed by atoms with Crippen LogP contribution in [0.4, 0.5) is 11.4 Å². The summed E-state index contributed by atoms with van der Waals surface area (Å²) >= 11 is 7.63. The topological polar surface area (TPSA) is 70.1 Å². The first-order valence-corrected chi connectivity index (χ1v) is 11.0. The number of hydrogen-bond acceptors (Lipinski definition) is 6. The quantitative estimate of drug-likeness (QED) is 0.320. The molecule has 1 aliphatic heterocycles. The maximum atomic E-state index is 13.1. The number of methoxy groups -OCH3 is 1. The van der Waals surface area contributed by atoms with Gasteiger partial charge in [0, 0.05) is 35.9 Å². The maximum absolute atomic E-state index is 13.1. The third kappa shape index (κ3) is 3.74. The van der Waals surface area contributed by atoms with Crippen LogP contribution in [0.15, 0.2) is 65.6 Å². The average Bonchev–Trinajstić information content (AvgIpc) is 3.40. The van der Waals surface area contributed by atoms with Crippen molar-refractivity contribution in [1.82, 2.24) is 0 Å². The number of amides is 1. The first-order valence-electron chi connectivity index (χ1n) is 9.79. The fourth-order valence-electron chi connectivity index (χ4n) is 3.70. The summed E-state index contributed by atoms with van der Waals surface area (Å²) in [6.45, 7) is 0. The van der Waals surface area contributed by atoms with E-state index >= 15 is 0 Å². The smallest absolute Gasteiger partial charge is 0.300 e. The molecule has 1 aliphatic rings. The SMILES string of the molecule is COc1ccc(/C(O)=C2/C(=O)C(=O)N(c3ccc(N(C)C)cc3)C2c2cccs2)cc1Cl. The molecule has 1 fully saturated rings. The molecule has 1 saturated heterocycles. The van der Waals surface area contributed by atoms with E-state index < -0.39 is 17.7 Å². The number of nitrogens with zero attached hydrogens (tertiary/aromatic N) is 2. The lowest BCUT2D eigenvalue weighted by Gasteiger charge is -2.25. The van der Waals surface area contributed by atoms with Gasteiger partial charge in [-0.2, -0.15) is 0 Å². The maximum Gasteiger partial charge on any atom is 0.300 e. The van der Waals surface area contributed by atoms with Gasteiger partial charge < -0.3 is 14.7 Å². The largest absolute Gasteiger partial charge is 0.507 e. The summed E-state index contributed by atoms with van der Waals surface area (Å²) in [4.78, 5) is 30.4. The molecule has 0 saturated carbocycles. The van der Waals surface area contributed by atoms with Crippen molar-refractivity contribution < 1.29 is 19.4 Å². The standard InChI is InChI=1S/C24H21ClN2O4S/c1-26(2)15-7-9-16(10-8-15)27-21(19-5-4-12-32-19)20(23(29)24(27)30)22(28)14-6-11-18(31-3)17(25)13-14/h4-13,21,28H,1-3H3/b22-20-. The van der Waals surface area contributed by atoms with Crippen LogP contribution in [0.5, 0.6) is 5.75 Å². The van der Waals surface area contributed by atoms with Crippen LogP contribution in [-0.2, 0) is 9.59 Å². The number of anilines is 2. The van der Waals surface area contributed by atoms with Crippen LogP contribution >= 0.6 is 22.9 Å². The summed E-state index contributed by atoms with van der Waals surface area (Å²) in [5.74, 6) is -1.27. The fraction of sp³-hybridized carbons (Fsp3) is 0.167. The summed E-state index contributed by atoms with van der Waals surface area (Å²) in [6.07, 6.45) is 0. The van der Waals surface area contributed by atoms with E-state index in [1.165, 1.54) is 29.4 Å². The highest BCUT2D eigenvalue weighted by molar-refractivity contribution is 7.10. The molecule has 3 aromatic rings. The Bertz CT molecular complexity index is 1200.